The largest absolute Gasteiger partial charge is 0.494 e. The summed E-state index contributed by atoms with van der Waals surface area (Å²) in [6.45, 7) is 6.53. The van der Waals surface area contributed by atoms with E-state index >= 15 is 0 Å². The van der Waals surface area contributed by atoms with Crippen molar-refractivity contribution in [3.05, 3.63) is 29.6 Å². The molecule has 1 rings (SSSR count). The van der Waals surface area contributed by atoms with Crippen molar-refractivity contribution in [3.8, 4) is 5.75 Å². The molecule has 3 nitrogen and oxygen atoms in total. The molecule has 0 fully saturated rings. The third-order valence-electron chi connectivity index (χ3n) is 3.66. The van der Waals surface area contributed by atoms with Gasteiger partial charge < -0.3 is 15.2 Å². The van der Waals surface area contributed by atoms with Crippen LogP contribution in [-0.4, -0.2) is 25.4 Å². The van der Waals surface area contributed by atoms with Gasteiger partial charge in [0.2, 0.25) is 0 Å². The smallest absolute Gasteiger partial charge is 0.168 e. The maximum atomic E-state index is 14.1. The maximum Gasteiger partial charge on any atom is 0.168 e. The molecule has 0 aromatic heterocycles. The van der Waals surface area contributed by atoms with Crippen LogP contribution in [0.25, 0.3) is 0 Å². The van der Waals surface area contributed by atoms with Crippen LogP contribution >= 0.6 is 0 Å². The van der Waals surface area contributed by atoms with Gasteiger partial charge in [-0.05, 0) is 38.3 Å². The van der Waals surface area contributed by atoms with Gasteiger partial charge in [-0.3, -0.25) is 0 Å². The fraction of sp³-hybridized carbons (Fsp3) is 0.600. The predicted molar refractivity (Wildman–Crippen MR) is 75.0 cm³/mol. The van der Waals surface area contributed by atoms with Gasteiger partial charge in [-0.25, -0.2) is 4.39 Å². The summed E-state index contributed by atoms with van der Waals surface area (Å²) >= 11 is 0. The molecule has 4 heteroatoms. The molecule has 0 saturated carbocycles. The van der Waals surface area contributed by atoms with Crippen LogP contribution in [0.5, 0.6) is 5.75 Å². The molecule has 0 spiro atoms. The summed E-state index contributed by atoms with van der Waals surface area (Å²) in [6, 6.07) is 4.85. The van der Waals surface area contributed by atoms with Crippen molar-refractivity contribution in [2.75, 3.05) is 13.7 Å². The predicted octanol–water partition coefficient (Wildman–Crippen LogP) is 2.91. The van der Waals surface area contributed by atoms with E-state index in [4.69, 9.17) is 15.2 Å². The summed E-state index contributed by atoms with van der Waals surface area (Å²) in [5.41, 5.74) is 6.33. The number of hydrogen-bond donors (Lipinski definition) is 1. The van der Waals surface area contributed by atoms with Crippen LogP contribution < -0.4 is 10.5 Å². The van der Waals surface area contributed by atoms with E-state index < -0.39 is 5.60 Å². The average Bonchev–Trinajstić information content (AvgIpc) is 2.41. The topological polar surface area (TPSA) is 44.5 Å². The molecule has 0 aliphatic rings. The van der Waals surface area contributed by atoms with E-state index in [0.717, 1.165) is 6.42 Å². The zero-order valence-electron chi connectivity index (χ0n) is 12.2. The lowest BCUT2D eigenvalue weighted by Crippen LogP contribution is -2.48. The number of ether oxygens (including phenoxy) is 2. The van der Waals surface area contributed by atoms with E-state index in [2.05, 4.69) is 0 Å². The molecule has 1 aromatic carbocycles. The van der Waals surface area contributed by atoms with Crippen LogP contribution in [-0.2, 0) is 11.2 Å². The molecule has 19 heavy (non-hydrogen) atoms. The van der Waals surface area contributed by atoms with E-state index in [1.54, 1.807) is 18.2 Å². The lowest BCUT2D eigenvalue weighted by Gasteiger charge is -2.34. The summed E-state index contributed by atoms with van der Waals surface area (Å²) in [6.07, 6.45) is 1.21. The number of nitrogens with two attached hydrogens (primary N) is 1. The molecule has 0 heterocycles. The number of hydrogen-bond acceptors (Lipinski definition) is 3. The normalized spacial score (nSPS) is 15.9. The minimum absolute atomic E-state index is 0.249. The van der Waals surface area contributed by atoms with E-state index in [9.17, 15) is 4.39 Å². The third kappa shape index (κ3) is 3.67. The molecule has 0 radical (unpaired) electrons. The summed E-state index contributed by atoms with van der Waals surface area (Å²) in [4.78, 5) is 0. The van der Waals surface area contributed by atoms with Crippen LogP contribution in [0.4, 0.5) is 4.39 Å². The molecular formula is C15H24FNO2. The van der Waals surface area contributed by atoms with Gasteiger partial charge in [0.05, 0.1) is 12.7 Å². The Balaban J connectivity index is 2.90. The van der Waals surface area contributed by atoms with Crippen LogP contribution in [0, 0.1) is 5.82 Å². The number of halogens is 1. The van der Waals surface area contributed by atoms with Gasteiger partial charge in [-0.2, -0.15) is 0 Å². The van der Waals surface area contributed by atoms with Crippen LogP contribution in [0.1, 0.15) is 32.8 Å². The molecule has 2 atom stereocenters. The van der Waals surface area contributed by atoms with Crippen molar-refractivity contribution >= 4 is 0 Å². The van der Waals surface area contributed by atoms with Gasteiger partial charge in [-0.15, -0.1) is 0 Å². The first-order chi connectivity index (χ1) is 8.98. The molecule has 0 aliphatic carbocycles. The fourth-order valence-corrected chi connectivity index (χ4v) is 2.13. The molecule has 0 amide bonds. The number of benzene rings is 1. The highest BCUT2D eigenvalue weighted by Crippen LogP contribution is 2.25. The van der Waals surface area contributed by atoms with E-state index in [1.807, 2.05) is 20.8 Å². The third-order valence-corrected chi connectivity index (χ3v) is 3.66. The average molecular weight is 269 g/mol. The highest BCUT2D eigenvalue weighted by molar-refractivity contribution is 5.31. The number of rotatable bonds is 7. The molecule has 0 aliphatic heterocycles. The first-order valence-corrected chi connectivity index (χ1v) is 6.69. The first kappa shape index (κ1) is 15.9. The Morgan fingerprint density at radius 1 is 1.37 bits per heavy atom. The fourth-order valence-electron chi connectivity index (χ4n) is 2.13. The van der Waals surface area contributed by atoms with Crippen molar-refractivity contribution in [2.45, 2.75) is 45.3 Å². The number of methoxy groups -OCH3 is 1. The summed E-state index contributed by atoms with van der Waals surface area (Å²) in [7, 11) is 1.46. The molecule has 2 unspecified atom stereocenters. The van der Waals surface area contributed by atoms with Crippen molar-refractivity contribution in [3.63, 3.8) is 0 Å². The quantitative estimate of drug-likeness (QED) is 0.827. The monoisotopic (exact) mass is 269 g/mol. The van der Waals surface area contributed by atoms with Crippen LogP contribution in [0.15, 0.2) is 18.2 Å². The summed E-state index contributed by atoms with van der Waals surface area (Å²) in [5.74, 6) is -0.0882. The van der Waals surface area contributed by atoms with Gasteiger partial charge in [0.25, 0.3) is 0 Å². The summed E-state index contributed by atoms with van der Waals surface area (Å²) in [5, 5.41) is 0. The molecule has 0 saturated heterocycles. The van der Waals surface area contributed by atoms with E-state index in [1.165, 1.54) is 7.11 Å². The van der Waals surface area contributed by atoms with Crippen molar-refractivity contribution in [1.82, 2.24) is 0 Å². The molecular weight excluding hydrogens is 245 g/mol. The molecule has 2 N–H and O–H groups in total. The van der Waals surface area contributed by atoms with Crippen molar-refractivity contribution in [2.24, 2.45) is 5.73 Å². The minimum Gasteiger partial charge on any atom is -0.494 e. The van der Waals surface area contributed by atoms with E-state index in [-0.39, 0.29) is 17.6 Å². The SMILES string of the molecule is CCOC(C)(CC)C(N)Cc1cccc(OC)c1F. The lowest BCUT2D eigenvalue weighted by atomic mass is 9.88. The molecule has 1 aromatic rings. The molecule has 108 valence electrons. The Kier molecular flexibility index (Phi) is 5.76. The highest BCUT2D eigenvalue weighted by Gasteiger charge is 2.31. The van der Waals surface area contributed by atoms with Gasteiger partial charge in [-0.1, -0.05) is 19.1 Å². The highest BCUT2D eigenvalue weighted by atomic mass is 19.1. The van der Waals surface area contributed by atoms with Gasteiger partial charge in [0.1, 0.15) is 0 Å². The first-order valence-electron chi connectivity index (χ1n) is 6.69. The van der Waals surface area contributed by atoms with Crippen molar-refractivity contribution in [1.29, 1.82) is 0 Å². The second-order valence-corrected chi connectivity index (χ2v) is 4.84. The molecule has 0 bridgehead atoms. The lowest BCUT2D eigenvalue weighted by molar-refractivity contribution is -0.0462. The van der Waals surface area contributed by atoms with Crippen LogP contribution in [0.3, 0.4) is 0 Å². The Morgan fingerprint density at radius 3 is 2.58 bits per heavy atom. The standard InChI is InChI=1S/C15H24FNO2/c1-5-15(3,19-6-2)13(17)10-11-8-7-9-12(18-4)14(11)16/h7-9,13H,5-6,10,17H2,1-4H3. The second kappa shape index (κ2) is 6.87. The Morgan fingerprint density at radius 2 is 2.05 bits per heavy atom. The Labute approximate surface area is 114 Å². The minimum atomic E-state index is -0.440. The van der Waals surface area contributed by atoms with E-state index in [0.29, 0.717) is 18.6 Å². The van der Waals surface area contributed by atoms with Gasteiger partial charge in [0, 0.05) is 12.6 Å². The van der Waals surface area contributed by atoms with Crippen molar-refractivity contribution < 1.29 is 13.9 Å². The van der Waals surface area contributed by atoms with Gasteiger partial charge >= 0.3 is 0 Å². The Bertz CT molecular complexity index is 411. The zero-order valence-corrected chi connectivity index (χ0v) is 12.2. The Hall–Kier alpha value is -1.13. The van der Waals surface area contributed by atoms with Crippen LogP contribution in [0.2, 0.25) is 0 Å². The summed E-state index contributed by atoms with van der Waals surface area (Å²) < 4.78 is 24.8. The second-order valence-electron chi connectivity index (χ2n) is 4.84. The zero-order chi connectivity index (χ0) is 14.5. The maximum absolute atomic E-state index is 14.1. The van der Waals surface area contributed by atoms with Gasteiger partial charge in [0.15, 0.2) is 11.6 Å².